The second-order valence-electron chi connectivity index (χ2n) is 2.81. The van der Waals surface area contributed by atoms with Gasteiger partial charge in [0.25, 0.3) is 0 Å². The molecule has 1 aliphatic heterocycles. The Hall–Kier alpha value is -1.84. The number of hydrogen-bond acceptors (Lipinski definition) is 3. The second-order valence-corrected chi connectivity index (χ2v) is 2.81. The van der Waals surface area contributed by atoms with Crippen molar-refractivity contribution in [2.75, 3.05) is 0 Å². The molecule has 1 fully saturated rings. The quantitative estimate of drug-likeness (QED) is 0.599. The van der Waals surface area contributed by atoms with Crippen LogP contribution in [0.25, 0.3) is 0 Å². The third-order valence-electron chi connectivity index (χ3n) is 1.61. The molecular formula is C10H11NO3. The lowest BCUT2D eigenvalue weighted by Crippen LogP contribution is -2.18. The van der Waals surface area contributed by atoms with E-state index < -0.39 is 0 Å². The molecule has 0 bridgehead atoms. The highest BCUT2D eigenvalue weighted by Crippen LogP contribution is 2.02. The average molecular weight is 193 g/mol. The van der Waals surface area contributed by atoms with Gasteiger partial charge in [0.2, 0.25) is 11.8 Å². The van der Waals surface area contributed by atoms with Crippen LogP contribution >= 0.6 is 0 Å². The fourth-order valence-electron chi connectivity index (χ4n) is 0.936. The molecule has 0 spiro atoms. The molecule has 2 amide bonds. The molecule has 0 atom stereocenters. The average Bonchev–Trinajstić information content (AvgIpc) is 2.52. The molecule has 1 aromatic rings. The number of rotatable bonds is 0. The Kier molecular flexibility index (Phi) is 3.67. The van der Waals surface area contributed by atoms with Gasteiger partial charge in [-0.15, -0.1) is 0 Å². The summed E-state index contributed by atoms with van der Waals surface area (Å²) >= 11 is 0. The third kappa shape index (κ3) is 3.71. The Morgan fingerprint density at radius 2 is 1.50 bits per heavy atom. The molecule has 0 saturated carbocycles. The predicted octanol–water partition coefficient (Wildman–Crippen LogP) is 0.815. The SMILES string of the molecule is O=C1CCC(=O)N1.Oc1ccccc1. The van der Waals surface area contributed by atoms with E-state index in [1.807, 2.05) is 6.07 Å². The minimum Gasteiger partial charge on any atom is -0.508 e. The third-order valence-corrected chi connectivity index (χ3v) is 1.61. The Bertz CT molecular complexity index is 307. The van der Waals surface area contributed by atoms with Gasteiger partial charge in [0, 0.05) is 12.8 Å². The molecule has 0 radical (unpaired) electrons. The highest BCUT2D eigenvalue weighted by Gasteiger charge is 2.15. The maximum atomic E-state index is 10.1. The predicted molar refractivity (Wildman–Crippen MR) is 50.5 cm³/mol. The normalized spacial score (nSPS) is 14.3. The summed E-state index contributed by atoms with van der Waals surface area (Å²) in [6, 6.07) is 8.71. The van der Waals surface area contributed by atoms with Gasteiger partial charge < -0.3 is 5.11 Å². The van der Waals surface area contributed by atoms with E-state index in [0.717, 1.165) is 0 Å². The molecule has 1 heterocycles. The Morgan fingerprint density at radius 3 is 1.71 bits per heavy atom. The number of amides is 2. The van der Waals surface area contributed by atoms with Crippen molar-refractivity contribution in [1.29, 1.82) is 0 Å². The van der Waals surface area contributed by atoms with E-state index in [1.54, 1.807) is 24.3 Å². The summed E-state index contributed by atoms with van der Waals surface area (Å²) in [4.78, 5) is 20.2. The number of hydrogen-bond donors (Lipinski definition) is 2. The zero-order chi connectivity index (χ0) is 10.4. The number of benzene rings is 1. The van der Waals surface area contributed by atoms with Crippen LogP contribution in [0.1, 0.15) is 12.8 Å². The summed E-state index contributed by atoms with van der Waals surface area (Å²) < 4.78 is 0. The first kappa shape index (κ1) is 10.2. The number of imide groups is 1. The number of phenols is 1. The summed E-state index contributed by atoms with van der Waals surface area (Å²) in [5.41, 5.74) is 0. The number of carbonyl (C=O) groups is 2. The molecule has 74 valence electrons. The summed E-state index contributed by atoms with van der Waals surface area (Å²) in [6.45, 7) is 0. The first-order valence-electron chi connectivity index (χ1n) is 4.25. The first-order chi connectivity index (χ1) is 6.68. The molecule has 2 rings (SSSR count). The van der Waals surface area contributed by atoms with Crippen LogP contribution in [0.4, 0.5) is 0 Å². The molecule has 14 heavy (non-hydrogen) atoms. The molecule has 2 N–H and O–H groups in total. The maximum Gasteiger partial charge on any atom is 0.227 e. The molecule has 0 aliphatic carbocycles. The Labute approximate surface area is 81.6 Å². The van der Waals surface area contributed by atoms with Crippen LogP contribution < -0.4 is 5.32 Å². The van der Waals surface area contributed by atoms with Crippen molar-refractivity contribution in [3.05, 3.63) is 30.3 Å². The van der Waals surface area contributed by atoms with E-state index in [0.29, 0.717) is 18.6 Å². The zero-order valence-corrected chi connectivity index (χ0v) is 7.56. The van der Waals surface area contributed by atoms with E-state index in [-0.39, 0.29) is 11.8 Å². The number of aromatic hydroxyl groups is 1. The van der Waals surface area contributed by atoms with Gasteiger partial charge >= 0.3 is 0 Å². The van der Waals surface area contributed by atoms with Gasteiger partial charge in [-0.2, -0.15) is 0 Å². The monoisotopic (exact) mass is 193 g/mol. The molecule has 4 heteroatoms. The number of para-hydroxylation sites is 1. The summed E-state index contributed by atoms with van der Waals surface area (Å²) in [7, 11) is 0. The molecule has 1 aliphatic rings. The van der Waals surface area contributed by atoms with Crippen molar-refractivity contribution >= 4 is 11.8 Å². The topological polar surface area (TPSA) is 66.4 Å². The van der Waals surface area contributed by atoms with Gasteiger partial charge in [0.15, 0.2) is 0 Å². The van der Waals surface area contributed by atoms with Crippen LogP contribution in [0, 0.1) is 0 Å². The molecule has 1 saturated heterocycles. The highest BCUT2D eigenvalue weighted by atomic mass is 16.3. The van der Waals surface area contributed by atoms with E-state index in [4.69, 9.17) is 5.11 Å². The number of nitrogens with one attached hydrogen (secondary N) is 1. The number of carbonyl (C=O) groups excluding carboxylic acids is 2. The van der Waals surface area contributed by atoms with Gasteiger partial charge in [-0.1, -0.05) is 18.2 Å². The summed E-state index contributed by atoms with van der Waals surface area (Å²) in [5, 5.41) is 10.8. The van der Waals surface area contributed by atoms with Crippen LogP contribution in [-0.2, 0) is 9.59 Å². The smallest absolute Gasteiger partial charge is 0.227 e. The number of phenolic OH excluding ortho intramolecular Hbond substituents is 1. The molecular weight excluding hydrogens is 182 g/mol. The van der Waals surface area contributed by atoms with Gasteiger partial charge in [-0.25, -0.2) is 0 Å². The van der Waals surface area contributed by atoms with Crippen molar-refractivity contribution < 1.29 is 14.7 Å². The summed E-state index contributed by atoms with van der Waals surface area (Å²) in [5.74, 6) is 0.0255. The minimum atomic E-state index is -0.148. The van der Waals surface area contributed by atoms with Gasteiger partial charge in [0.1, 0.15) is 5.75 Å². The standard InChI is InChI=1S/C6H6O.C4H5NO2/c7-6-4-2-1-3-5-6;6-3-1-2-4(7)5-3/h1-5,7H;1-2H2,(H,5,6,7). The lowest BCUT2D eigenvalue weighted by Gasteiger charge is -1.82. The Morgan fingerprint density at radius 1 is 1.00 bits per heavy atom. The van der Waals surface area contributed by atoms with E-state index in [2.05, 4.69) is 5.32 Å². The second kappa shape index (κ2) is 5.01. The van der Waals surface area contributed by atoms with Crippen molar-refractivity contribution in [3.8, 4) is 5.75 Å². The highest BCUT2D eigenvalue weighted by molar-refractivity contribution is 6.01. The van der Waals surface area contributed by atoms with Crippen LogP contribution in [0.5, 0.6) is 5.75 Å². The van der Waals surface area contributed by atoms with Crippen LogP contribution in [0.15, 0.2) is 30.3 Å². The van der Waals surface area contributed by atoms with E-state index in [9.17, 15) is 9.59 Å². The fraction of sp³-hybridized carbons (Fsp3) is 0.200. The summed E-state index contributed by atoms with van der Waals surface area (Å²) in [6.07, 6.45) is 0.748. The van der Waals surface area contributed by atoms with E-state index >= 15 is 0 Å². The van der Waals surface area contributed by atoms with Crippen molar-refractivity contribution in [2.45, 2.75) is 12.8 Å². The first-order valence-corrected chi connectivity index (χ1v) is 4.25. The van der Waals surface area contributed by atoms with Crippen molar-refractivity contribution in [1.82, 2.24) is 5.32 Å². The molecule has 1 aromatic carbocycles. The largest absolute Gasteiger partial charge is 0.508 e. The lowest BCUT2D eigenvalue weighted by atomic mass is 10.3. The van der Waals surface area contributed by atoms with E-state index in [1.165, 1.54) is 0 Å². The zero-order valence-electron chi connectivity index (χ0n) is 7.56. The van der Waals surface area contributed by atoms with Crippen LogP contribution in [0.3, 0.4) is 0 Å². The van der Waals surface area contributed by atoms with Crippen molar-refractivity contribution in [2.24, 2.45) is 0 Å². The van der Waals surface area contributed by atoms with Gasteiger partial charge in [-0.3, -0.25) is 14.9 Å². The van der Waals surface area contributed by atoms with Gasteiger partial charge in [-0.05, 0) is 12.1 Å². The fourth-order valence-corrected chi connectivity index (χ4v) is 0.936. The van der Waals surface area contributed by atoms with Crippen LogP contribution in [0.2, 0.25) is 0 Å². The Balaban J connectivity index is 0.000000140. The minimum absolute atomic E-state index is 0.148. The molecule has 0 unspecified atom stereocenters. The van der Waals surface area contributed by atoms with Crippen molar-refractivity contribution in [3.63, 3.8) is 0 Å². The lowest BCUT2D eigenvalue weighted by molar-refractivity contribution is -0.124. The maximum absolute atomic E-state index is 10.1. The molecule has 0 aromatic heterocycles. The van der Waals surface area contributed by atoms with Gasteiger partial charge in [0.05, 0.1) is 0 Å². The molecule has 4 nitrogen and oxygen atoms in total. The van der Waals surface area contributed by atoms with Crippen LogP contribution in [-0.4, -0.2) is 16.9 Å².